The van der Waals surface area contributed by atoms with E-state index in [-0.39, 0.29) is 18.2 Å². The molecule has 2 aromatic carbocycles. The van der Waals surface area contributed by atoms with Crippen LogP contribution in [0, 0.1) is 5.92 Å². The van der Waals surface area contributed by atoms with Crippen LogP contribution in [-0.2, 0) is 9.59 Å². The zero-order valence-electron chi connectivity index (χ0n) is 16.1. The molecule has 0 unspecified atom stereocenters. The molecule has 3 rings (SSSR count). The van der Waals surface area contributed by atoms with Crippen LogP contribution in [0.2, 0.25) is 5.02 Å². The highest BCUT2D eigenvalue weighted by Crippen LogP contribution is 2.34. The largest absolute Gasteiger partial charge is 0.481 e. The minimum Gasteiger partial charge on any atom is -0.481 e. The van der Waals surface area contributed by atoms with E-state index < -0.39 is 11.9 Å². The maximum Gasteiger partial charge on any atom is 0.304 e. The number of rotatable bonds is 7. The Morgan fingerprint density at radius 3 is 2.45 bits per heavy atom. The fourth-order valence-electron chi connectivity index (χ4n) is 3.21. The van der Waals surface area contributed by atoms with Crippen LogP contribution in [0.3, 0.4) is 0 Å². The summed E-state index contributed by atoms with van der Waals surface area (Å²) in [4.78, 5) is 30.6. The van der Waals surface area contributed by atoms with Gasteiger partial charge in [-0.2, -0.15) is 0 Å². The molecule has 0 fully saturated rings. The summed E-state index contributed by atoms with van der Waals surface area (Å²) < 4.78 is 0. The Bertz CT molecular complexity index is 1010. The van der Waals surface area contributed by atoms with Crippen LogP contribution in [0.1, 0.15) is 24.8 Å². The zero-order chi connectivity index (χ0) is 21.0. The second kappa shape index (κ2) is 9.20. The van der Waals surface area contributed by atoms with Gasteiger partial charge >= 0.3 is 5.97 Å². The SMILES string of the molecule is C[C@@H](c1ccccc1)[C@H](CC(=O)O)C(=O)N(C)c1nc(-c2ccccc2Cl)cs1. The van der Waals surface area contributed by atoms with Crippen molar-refractivity contribution in [2.24, 2.45) is 5.92 Å². The molecule has 1 aromatic heterocycles. The van der Waals surface area contributed by atoms with Gasteiger partial charge in [-0.15, -0.1) is 11.3 Å². The van der Waals surface area contributed by atoms with E-state index in [1.807, 2.05) is 60.8 Å². The summed E-state index contributed by atoms with van der Waals surface area (Å²) in [6.45, 7) is 1.88. The van der Waals surface area contributed by atoms with Gasteiger partial charge in [0.05, 0.1) is 18.0 Å². The summed E-state index contributed by atoms with van der Waals surface area (Å²) in [7, 11) is 1.63. The molecule has 2 atom stereocenters. The first-order chi connectivity index (χ1) is 13.9. The second-order valence-corrected chi connectivity index (χ2v) is 8.04. The van der Waals surface area contributed by atoms with Gasteiger partial charge in [-0.3, -0.25) is 14.5 Å². The molecule has 0 saturated heterocycles. The lowest BCUT2D eigenvalue weighted by molar-refractivity contribution is -0.140. The summed E-state index contributed by atoms with van der Waals surface area (Å²) in [5.41, 5.74) is 2.40. The number of carboxylic acids is 1. The predicted molar refractivity (Wildman–Crippen MR) is 117 cm³/mol. The Labute approximate surface area is 178 Å². The van der Waals surface area contributed by atoms with Gasteiger partial charge in [0.1, 0.15) is 0 Å². The number of hydrogen-bond donors (Lipinski definition) is 1. The molecule has 7 heteroatoms. The van der Waals surface area contributed by atoms with Crippen molar-refractivity contribution in [2.75, 3.05) is 11.9 Å². The fourth-order valence-corrected chi connectivity index (χ4v) is 4.24. The fraction of sp³-hybridized carbons (Fsp3) is 0.227. The third-order valence-corrected chi connectivity index (χ3v) is 6.15. The van der Waals surface area contributed by atoms with Crippen molar-refractivity contribution in [3.63, 3.8) is 0 Å². The van der Waals surface area contributed by atoms with E-state index in [0.29, 0.717) is 15.8 Å². The van der Waals surface area contributed by atoms with E-state index in [2.05, 4.69) is 4.98 Å². The number of benzene rings is 2. The number of halogens is 1. The first kappa shape index (κ1) is 21.0. The Balaban J connectivity index is 1.86. The lowest BCUT2D eigenvalue weighted by atomic mass is 9.84. The maximum atomic E-state index is 13.2. The van der Waals surface area contributed by atoms with Gasteiger partial charge in [-0.05, 0) is 17.5 Å². The molecule has 1 heterocycles. The number of amides is 1. The number of aliphatic carboxylic acids is 1. The topological polar surface area (TPSA) is 70.5 Å². The van der Waals surface area contributed by atoms with Crippen molar-refractivity contribution in [1.29, 1.82) is 0 Å². The predicted octanol–water partition coefficient (Wildman–Crippen LogP) is 5.32. The number of nitrogens with zero attached hydrogens (tertiary/aromatic N) is 2. The minimum atomic E-state index is -1.00. The van der Waals surface area contributed by atoms with Crippen LogP contribution >= 0.6 is 22.9 Å². The number of anilines is 1. The van der Waals surface area contributed by atoms with Crippen molar-refractivity contribution >= 4 is 39.9 Å². The molecule has 0 aliphatic carbocycles. The van der Waals surface area contributed by atoms with E-state index in [1.54, 1.807) is 13.1 Å². The minimum absolute atomic E-state index is 0.245. The number of carbonyl (C=O) groups excluding carboxylic acids is 1. The number of hydrogen-bond acceptors (Lipinski definition) is 4. The Morgan fingerprint density at radius 1 is 1.14 bits per heavy atom. The van der Waals surface area contributed by atoms with Gasteiger partial charge in [0.25, 0.3) is 0 Å². The third-order valence-electron chi connectivity index (χ3n) is 4.90. The van der Waals surface area contributed by atoms with Crippen LogP contribution < -0.4 is 4.90 Å². The zero-order valence-corrected chi connectivity index (χ0v) is 17.7. The molecule has 0 radical (unpaired) electrons. The van der Waals surface area contributed by atoms with Crippen LogP contribution in [-0.4, -0.2) is 29.0 Å². The molecular formula is C22H21ClN2O3S. The van der Waals surface area contributed by atoms with Gasteiger partial charge in [0, 0.05) is 23.0 Å². The van der Waals surface area contributed by atoms with E-state index >= 15 is 0 Å². The molecule has 150 valence electrons. The number of aromatic nitrogens is 1. The van der Waals surface area contributed by atoms with Gasteiger partial charge in [0.2, 0.25) is 5.91 Å². The van der Waals surface area contributed by atoms with Crippen molar-refractivity contribution in [2.45, 2.75) is 19.3 Å². The third kappa shape index (κ3) is 4.83. The summed E-state index contributed by atoms with van der Waals surface area (Å²) in [6.07, 6.45) is -0.248. The molecule has 3 aromatic rings. The molecule has 0 saturated carbocycles. The molecule has 29 heavy (non-hydrogen) atoms. The average molecular weight is 429 g/mol. The quantitative estimate of drug-likeness (QED) is 0.552. The highest BCUT2D eigenvalue weighted by molar-refractivity contribution is 7.14. The summed E-state index contributed by atoms with van der Waals surface area (Å²) in [6, 6.07) is 16.8. The molecule has 5 nitrogen and oxygen atoms in total. The molecule has 0 bridgehead atoms. The second-order valence-electron chi connectivity index (χ2n) is 6.80. The first-order valence-corrected chi connectivity index (χ1v) is 10.4. The van der Waals surface area contributed by atoms with Crippen LogP contribution in [0.25, 0.3) is 11.3 Å². The van der Waals surface area contributed by atoms with Gasteiger partial charge < -0.3 is 5.11 Å². The number of carboxylic acid groups (broad SMARTS) is 1. The standard InChI is InChI=1S/C22H21ClN2O3S/c1-14(15-8-4-3-5-9-15)17(12-20(26)27)21(28)25(2)22-24-19(13-29-22)16-10-6-7-11-18(16)23/h3-11,13-14,17H,12H2,1-2H3,(H,26,27)/t14-,17-/m0/s1. The summed E-state index contributed by atoms with van der Waals surface area (Å²) in [5, 5.41) is 12.3. The molecule has 1 amide bonds. The van der Waals surface area contributed by atoms with Gasteiger partial charge in [-0.25, -0.2) is 4.98 Å². The van der Waals surface area contributed by atoms with E-state index in [9.17, 15) is 14.7 Å². The Morgan fingerprint density at radius 2 is 1.79 bits per heavy atom. The van der Waals surface area contributed by atoms with Gasteiger partial charge in [-0.1, -0.05) is 67.1 Å². The highest BCUT2D eigenvalue weighted by atomic mass is 35.5. The smallest absolute Gasteiger partial charge is 0.304 e. The lowest BCUT2D eigenvalue weighted by Gasteiger charge is -2.26. The molecule has 0 aliphatic rings. The number of carbonyl (C=O) groups is 2. The molecule has 0 spiro atoms. The van der Waals surface area contributed by atoms with E-state index in [4.69, 9.17) is 11.6 Å². The van der Waals surface area contributed by atoms with Crippen molar-refractivity contribution < 1.29 is 14.7 Å². The molecule has 1 N–H and O–H groups in total. The molecule has 0 aliphatic heterocycles. The highest BCUT2D eigenvalue weighted by Gasteiger charge is 2.32. The normalized spacial score (nSPS) is 12.9. The number of thiazole rings is 1. The Kier molecular flexibility index (Phi) is 6.67. The summed E-state index contributed by atoms with van der Waals surface area (Å²) in [5.74, 6) is -2.22. The average Bonchev–Trinajstić information content (AvgIpc) is 3.21. The van der Waals surface area contributed by atoms with Crippen molar-refractivity contribution in [3.8, 4) is 11.3 Å². The van der Waals surface area contributed by atoms with E-state index in [0.717, 1.165) is 11.1 Å². The monoisotopic (exact) mass is 428 g/mol. The van der Waals surface area contributed by atoms with Crippen molar-refractivity contribution in [1.82, 2.24) is 4.98 Å². The van der Waals surface area contributed by atoms with Crippen LogP contribution in [0.4, 0.5) is 5.13 Å². The first-order valence-electron chi connectivity index (χ1n) is 9.13. The Hall–Kier alpha value is -2.70. The van der Waals surface area contributed by atoms with Crippen LogP contribution in [0.15, 0.2) is 60.0 Å². The van der Waals surface area contributed by atoms with Crippen molar-refractivity contribution in [3.05, 3.63) is 70.6 Å². The summed E-state index contributed by atoms with van der Waals surface area (Å²) >= 11 is 7.57. The van der Waals surface area contributed by atoms with Gasteiger partial charge in [0.15, 0.2) is 5.13 Å². The lowest BCUT2D eigenvalue weighted by Crippen LogP contribution is -2.36. The van der Waals surface area contributed by atoms with E-state index in [1.165, 1.54) is 16.2 Å². The molecular weight excluding hydrogens is 408 g/mol. The van der Waals surface area contributed by atoms with Crippen LogP contribution in [0.5, 0.6) is 0 Å². The maximum absolute atomic E-state index is 13.2.